The van der Waals surface area contributed by atoms with Gasteiger partial charge in [-0.25, -0.2) is 4.98 Å². The summed E-state index contributed by atoms with van der Waals surface area (Å²) in [6.07, 6.45) is 3.70. The summed E-state index contributed by atoms with van der Waals surface area (Å²) >= 11 is 1.84. The summed E-state index contributed by atoms with van der Waals surface area (Å²) in [6, 6.07) is 0. The van der Waals surface area contributed by atoms with Crippen molar-refractivity contribution in [1.82, 2.24) is 4.98 Å². The first-order valence-electron chi connectivity index (χ1n) is 5.04. The van der Waals surface area contributed by atoms with E-state index in [0.29, 0.717) is 5.92 Å². The molecular formula is C10H16N2S. The lowest BCUT2D eigenvalue weighted by Crippen LogP contribution is -1.99. The zero-order chi connectivity index (χ0) is 9.26. The number of rotatable bonds is 3. The van der Waals surface area contributed by atoms with Crippen LogP contribution in [-0.4, -0.2) is 11.5 Å². The summed E-state index contributed by atoms with van der Waals surface area (Å²) in [5.74, 6) is 0.684. The van der Waals surface area contributed by atoms with Crippen LogP contribution < -0.4 is 5.32 Å². The number of hydrogen-bond acceptors (Lipinski definition) is 3. The Bertz CT molecular complexity index is 293. The molecule has 1 aromatic heterocycles. The molecule has 0 aromatic carbocycles. The van der Waals surface area contributed by atoms with E-state index < -0.39 is 0 Å². The minimum Gasteiger partial charge on any atom is -0.362 e. The highest BCUT2D eigenvalue weighted by Gasteiger charge is 2.23. The third kappa shape index (κ3) is 1.70. The van der Waals surface area contributed by atoms with Crippen LogP contribution in [0.4, 0.5) is 5.13 Å². The molecule has 2 nitrogen and oxygen atoms in total. The van der Waals surface area contributed by atoms with Gasteiger partial charge in [-0.2, -0.15) is 0 Å². The van der Waals surface area contributed by atoms with Crippen LogP contribution in [0, 0.1) is 0 Å². The fraction of sp³-hybridized carbons (Fsp3) is 0.700. The smallest absolute Gasteiger partial charge is 0.183 e. The van der Waals surface area contributed by atoms with Crippen LogP contribution in [-0.2, 0) is 6.42 Å². The average molecular weight is 196 g/mol. The van der Waals surface area contributed by atoms with Gasteiger partial charge in [0.2, 0.25) is 0 Å². The van der Waals surface area contributed by atoms with Crippen molar-refractivity contribution < 1.29 is 0 Å². The molecule has 0 saturated heterocycles. The second-order valence-corrected chi connectivity index (χ2v) is 4.78. The van der Waals surface area contributed by atoms with Crippen molar-refractivity contribution in [2.24, 2.45) is 0 Å². The Morgan fingerprint density at radius 1 is 1.62 bits per heavy atom. The van der Waals surface area contributed by atoms with Gasteiger partial charge >= 0.3 is 0 Å². The molecule has 72 valence electrons. The van der Waals surface area contributed by atoms with Crippen molar-refractivity contribution in [3.8, 4) is 0 Å². The zero-order valence-corrected chi connectivity index (χ0v) is 9.08. The molecule has 0 saturated carbocycles. The van der Waals surface area contributed by atoms with Gasteiger partial charge in [0.05, 0.1) is 5.69 Å². The lowest BCUT2D eigenvalue weighted by Gasteiger charge is -2.00. The van der Waals surface area contributed by atoms with E-state index in [1.165, 1.54) is 29.8 Å². The van der Waals surface area contributed by atoms with Gasteiger partial charge in [0.25, 0.3) is 0 Å². The molecule has 0 aliphatic heterocycles. The molecular weight excluding hydrogens is 180 g/mol. The van der Waals surface area contributed by atoms with Crippen LogP contribution in [0.2, 0.25) is 0 Å². The summed E-state index contributed by atoms with van der Waals surface area (Å²) < 4.78 is 0. The maximum atomic E-state index is 4.62. The van der Waals surface area contributed by atoms with E-state index in [1.54, 1.807) is 0 Å². The number of nitrogens with zero attached hydrogens (tertiary/aromatic N) is 1. The van der Waals surface area contributed by atoms with Crippen molar-refractivity contribution in [2.45, 2.75) is 39.0 Å². The minimum absolute atomic E-state index is 0.684. The molecule has 2 rings (SSSR count). The molecule has 1 N–H and O–H groups in total. The fourth-order valence-corrected chi connectivity index (χ4v) is 2.84. The quantitative estimate of drug-likeness (QED) is 0.803. The second kappa shape index (κ2) is 3.66. The molecule has 0 radical (unpaired) electrons. The van der Waals surface area contributed by atoms with Crippen molar-refractivity contribution in [2.75, 3.05) is 11.9 Å². The van der Waals surface area contributed by atoms with Crippen LogP contribution in [0.1, 0.15) is 43.2 Å². The summed E-state index contributed by atoms with van der Waals surface area (Å²) in [5.41, 5.74) is 1.35. The Hall–Kier alpha value is -0.570. The Kier molecular flexibility index (Phi) is 2.54. The molecule has 0 bridgehead atoms. The number of aryl methyl sites for hydroxylation is 1. The summed E-state index contributed by atoms with van der Waals surface area (Å²) in [7, 11) is 0. The largest absolute Gasteiger partial charge is 0.362 e. The average Bonchev–Trinajstić information content (AvgIpc) is 2.65. The first-order valence-corrected chi connectivity index (χ1v) is 5.86. The molecule has 1 unspecified atom stereocenters. The molecule has 13 heavy (non-hydrogen) atoms. The first-order chi connectivity index (χ1) is 6.31. The molecule has 0 amide bonds. The molecule has 1 atom stereocenters. The van der Waals surface area contributed by atoms with Gasteiger partial charge in [-0.15, -0.1) is 11.3 Å². The highest BCUT2D eigenvalue weighted by Crippen LogP contribution is 2.37. The van der Waals surface area contributed by atoms with Crippen LogP contribution in [0.3, 0.4) is 0 Å². The maximum Gasteiger partial charge on any atom is 0.183 e. The topological polar surface area (TPSA) is 24.9 Å². The van der Waals surface area contributed by atoms with Crippen LogP contribution in [0.5, 0.6) is 0 Å². The van der Waals surface area contributed by atoms with Gasteiger partial charge in [-0.1, -0.05) is 13.8 Å². The highest BCUT2D eigenvalue weighted by molar-refractivity contribution is 7.15. The van der Waals surface area contributed by atoms with Crippen LogP contribution >= 0.6 is 11.3 Å². The fourth-order valence-electron chi connectivity index (χ4n) is 1.72. The van der Waals surface area contributed by atoms with Crippen molar-refractivity contribution in [3.63, 3.8) is 0 Å². The van der Waals surface area contributed by atoms with Gasteiger partial charge in [0.1, 0.15) is 0 Å². The lowest BCUT2D eigenvalue weighted by atomic mass is 10.1. The SMILES string of the molecule is CCCNc1nc2c(s1)CCC2C. The molecule has 0 spiro atoms. The Labute approximate surface area is 83.4 Å². The predicted octanol–water partition coefficient (Wildman–Crippen LogP) is 3.01. The monoisotopic (exact) mass is 196 g/mol. The van der Waals surface area contributed by atoms with Gasteiger partial charge in [-0.3, -0.25) is 0 Å². The third-order valence-electron chi connectivity index (χ3n) is 2.52. The van der Waals surface area contributed by atoms with Gasteiger partial charge in [0.15, 0.2) is 5.13 Å². The van der Waals surface area contributed by atoms with E-state index in [0.717, 1.165) is 11.7 Å². The number of nitrogens with one attached hydrogen (secondary N) is 1. The molecule has 1 heterocycles. The number of fused-ring (bicyclic) bond motifs is 1. The normalized spacial score (nSPS) is 20.3. The lowest BCUT2D eigenvalue weighted by molar-refractivity contribution is 0.731. The minimum atomic E-state index is 0.684. The number of thiazole rings is 1. The zero-order valence-electron chi connectivity index (χ0n) is 8.26. The Morgan fingerprint density at radius 2 is 2.46 bits per heavy atom. The predicted molar refractivity (Wildman–Crippen MR) is 57.6 cm³/mol. The third-order valence-corrected chi connectivity index (χ3v) is 3.61. The molecule has 1 aromatic rings. The van der Waals surface area contributed by atoms with E-state index >= 15 is 0 Å². The van der Waals surface area contributed by atoms with Gasteiger partial charge in [-0.05, 0) is 25.2 Å². The molecule has 0 fully saturated rings. The number of aromatic nitrogens is 1. The van der Waals surface area contributed by atoms with Crippen molar-refractivity contribution in [1.29, 1.82) is 0 Å². The van der Waals surface area contributed by atoms with E-state index in [-0.39, 0.29) is 0 Å². The van der Waals surface area contributed by atoms with E-state index in [1.807, 2.05) is 11.3 Å². The summed E-state index contributed by atoms with van der Waals surface area (Å²) in [6.45, 7) is 5.49. The summed E-state index contributed by atoms with van der Waals surface area (Å²) in [4.78, 5) is 6.12. The number of anilines is 1. The van der Waals surface area contributed by atoms with Crippen LogP contribution in [0.25, 0.3) is 0 Å². The van der Waals surface area contributed by atoms with Crippen LogP contribution in [0.15, 0.2) is 0 Å². The molecule has 3 heteroatoms. The number of hydrogen-bond donors (Lipinski definition) is 1. The maximum absolute atomic E-state index is 4.62. The first kappa shape index (κ1) is 9.00. The van der Waals surface area contributed by atoms with Crippen molar-refractivity contribution in [3.05, 3.63) is 10.6 Å². The highest BCUT2D eigenvalue weighted by atomic mass is 32.1. The molecule has 1 aliphatic carbocycles. The second-order valence-electron chi connectivity index (χ2n) is 3.69. The van der Waals surface area contributed by atoms with E-state index in [9.17, 15) is 0 Å². The standard InChI is InChI=1S/C10H16N2S/c1-3-6-11-10-12-9-7(2)4-5-8(9)13-10/h7H,3-6H2,1-2H3,(H,11,12). The summed E-state index contributed by atoms with van der Waals surface area (Å²) in [5, 5.41) is 4.48. The van der Waals surface area contributed by atoms with Gasteiger partial charge in [0, 0.05) is 11.4 Å². The molecule has 1 aliphatic rings. The van der Waals surface area contributed by atoms with E-state index in [4.69, 9.17) is 0 Å². The Balaban J connectivity index is 2.10. The van der Waals surface area contributed by atoms with E-state index in [2.05, 4.69) is 24.1 Å². The van der Waals surface area contributed by atoms with Gasteiger partial charge < -0.3 is 5.32 Å². The Morgan fingerprint density at radius 3 is 3.15 bits per heavy atom. The van der Waals surface area contributed by atoms with Crippen molar-refractivity contribution >= 4 is 16.5 Å².